The van der Waals surface area contributed by atoms with Gasteiger partial charge in [0.25, 0.3) is 0 Å². The molecular weight excluding hydrogens is 608 g/mol. The van der Waals surface area contributed by atoms with E-state index in [9.17, 15) is 19.5 Å². The van der Waals surface area contributed by atoms with E-state index in [1.54, 1.807) is 31.5 Å². The average Bonchev–Trinajstić information content (AvgIpc) is 3.76. The van der Waals surface area contributed by atoms with Gasteiger partial charge in [-0.25, -0.2) is 4.68 Å². The molecule has 1 spiro atoms. The molecule has 3 aliphatic rings. The van der Waals surface area contributed by atoms with Gasteiger partial charge in [-0.1, -0.05) is 66.8 Å². The maximum atomic E-state index is 14.9. The van der Waals surface area contributed by atoms with E-state index >= 15 is 0 Å². The molecule has 11 heteroatoms. The molecule has 0 aliphatic carbocycles. The van der Waals surface area contributed by atoms with E-state index in [0.717, 1.165) is 11.1 Å². The Morgan fingerprint density at radius 2 is 1.73 bits per heavy atom. The van der Waals surface area contributed by atoms with Crippen molar-refractivity contribution in [2.45, 2.75) is 70.0 Å². The van der Waals surface area contributed by atoms with Gasteiger partial charge in [0.15, 0.2) is 0 Å². The van der Waals surface area contributed by atoms with Crippen molar-refractivity contribution in [1.82, 2.24) is 29.7 Å². The molecule has 48 heavy (non-hydrogen) atoms. The summed E-state index contributed by atoms with van der Waals surface area (Å²) in [5.74, 6) is -2.35. The van der Waals surface area contributed by atoms with Crippen LogP contribution in [0.1, 0.15) is 45.1 Å². The zero-order chi connectivity index (χ0) is 34.1. The first kappa shape index (κ1) is 33.5. The fourth-order valence-electron chi connectivity index (χ4n) is 8.32. The van der Waals surface area contributed by atoms with E-state index in [0.29, 0.717) is 50.8 Å². The molecule has 3 saturated heterocycles. The number of para-hydroxylation sites is 1. The van der Waals surface area contributed by atoms with Gasteiger partial charge in [0.2, 0.25) is 17.7 Å². The predicted octanol–water partition coefficient (Wildman–Crippen LogP) is 3.79. The van der Waals surface area contributed by atoms with E-state index < -0.39 is 29.1 Å². The number of likely N-dealkylation sites (tertiary alicyclic amines) is 1. The van der Waals surface area contributed by atoms with Crippen molar-refractivity contribution in [3.05, 3.63) is 85.5 Å². The second-order valence-electron chi connectivity index (χ2n) is 13.6. The number of nitrogens with zero attached hydrogens (tertiary/aromatic N) is 6. The smallest absolute Gasteiger partial charge is 0.250 e. The molecule has 0 radical (unpaired) electrons. The fourth-order valence-corrected chi connectivity index (χ4v) is 8.32. The lowest BCUT2D eigenvalue weighted by atomic mass is 9.62. The van der Waals surface area contributed by atoms with Crippen LogP contribution in [0, 0.1) is 17.8 Å². The number of carbonyl (C=O) groups is 3. The highest BCUT2D eigenvalue weighted by Gasteiger charge is 2.80. The quantitative estimate of drug-likeness (QED) is 0.196. The first-order chi connectivity index (χ1) is 23.2. The van der Waals surface area contributed by atoms with Gasteiger partial charge in [-0.05, 0) is 56.2 Å². The second kappa shape index (κ2) is 13.6. The van der Waals surface area contributed by atoms with E-state index in [2.05, 4.69) is 30.4 Å². The number of unbranched alkanes of at least 4 members (excludes halogenated alkanes) is 2. The van der Waals surface area contributed by atoms with Crippen molar-refractivity contribution in [2.75, 3.05) is 26.2 Å². The second-order valence-corrected chi connectivity index (χ2v) is 13.6. The van der Waals surface area contributed by atoms with Crippen LogP contribution in [0.15, 0.2) is 79.9 Å². The predicted molar refractivity (Wildman–Crippen MR) is 181 cm³/mol. The molecule has 6 rings (SSSR count). The van der Waals surface area contributed by atoms with Crippen LogP contribution >= 0.6 is 0 Å². The van der Waals surface area contributed by atoms with Crippen LogP contribution < -0.4 is 0 Å². The fraction of sp³-hybridized carbons (Fsp3) is 0.486. The van der Waals surface area contributed by atoms with Crippen molar-refractivity contribution in [3.63, 3.8) is 0 Å². The Balaban J connectivity index is 1.38. The van der Waals surface area contributed by atoms with Crippen LogP contribution in [0.4, 0.5) is 0 Å². The Kier molecular flexibility index (Phi) is 9.53. The number of hydrogen-bond acceptors (Lipinski definition) is 7. The molecule has 3 fully saturated rings. The van der Waals surface area contributed by atoms with Crippen molar-refractivity contribution in [3.8, 4) is 0 Å². The highest BCUT2D eigenvalue weighted by Crippen LogP contribution is 2.65. The van der Waals surface area contributed by atoms with Gasteiger partial charge in [-0.3, -0.25) is 14.4 Å². The summed E-state index contributed by atoms with van der Waals surface area (Å²) in [6, 6.07) is 16.4. The number of rotatable bonds is 15. The number of aliphatic hydroxyl groups is 1. The Labute approximate surface area is 281 Å². The van der Waals surface area contributed by atoms with Crippen LogP contribution in [0.3, 0.4) is 0 Å². The standard InChI is InChI=1S/C37H46N6O5/c1-5-19-40(24-27-15-9-7-10-16-27)33(45)30-31-34(46)42(21-13-8-14-22-44)32(37(31)23-26(3)36(30,4)48-37)35(47)41(20-6-2)25-43-29-18-12-11-17-28(29)38-39-43/h5-7,9-12,15-18,26,30-32,44H,1-2,8,13-14,19-25H2,3-4H3/t26?,30-,31-,32?,36+,37?/m0/s1. The molecule has 1 aromatic heterocycles. The summed E-state index contributed by atoms with van der Waals surface area (Å²) in [7, 11) is 0. The van der Waals surface area contributed by atoms with E-state index in [1.165, 1.54) is 0 Å². The Morgan fingerprint density at radius 3 is 2.46 bits per heavy atom. The van der Waals surface area contributed by atoms with Crippen molar-refractivity contribution in [2.24, 2.45) is 17.8 Å². The van der Waals surface area contributed by atoms with Gasteiger partial charge in [0.05, 0.1) is 23.0 Å². The highest BCUT2D eigenvalue weighted by molar-refractivity contribution is 5.99. The number of fused-ring (bicyclic) bond motifs is 2. The van der Waals surface area contributed by atoms with Crippen molar-refractivity contribution < 1.29 is 24.2 Å². The molecule has 4 heterocycles. The highest BCUT2D eigenvalue weighted by atomic mass is 16.5. The van der Waals surface area contributed by atoms with E-state index in [-0.39, 0.29) is 43.5 Å². The minimum atomic E-state index is -1.18. The molecule has 2 aromatic carbocycles. The topological polar surface area (TPSA) is 121 Å². The summed E-state index contributed by atoms with van der Waals surface area (Å²) in [6.45, 7) is 13.2. The third-order valence-corrected chi connectivity index (χ3v) is 10.6. The largest absolute Gasteiger partial charge is 0.396 e. The number of aliphatic hydroxyl groups excluding tert-OH is 1. The van der Waals surface area contributed by atoms with E-state index in [4.69, 9.17) is 4.74 Å². The minimum absolute atomic E-state index is 0.0535. The molecule has 11 nitrogen and oxygen atoms in total. The Hall–Kier alpha value is -4.35. The molecule has 6 atom stereocenters. The summed E-state index contributed by atoms with van der Waals surface area (Å²) in [6.07, 6.45) is 5.74. The summed E-state index contributed by atoms with van der Waals surface area (Å²) in [5, 5.41) is 18.0. The normalized spacial score (nSPS) is 27.3. The lowest BCUT2D eigenvalue weighted by molar-refractivity contribution is -0.155. The summed E-state index contributed by atoms with van der Waals surface area (Å²) in [4.78, 5) is 49.4. The number of amides is 3. The van der Waals surface area contributed by atoms with Gasteiger partial charge >= 0.3 is 0 Å². The maximum absolute atomic E-state index is 14.9. The molecule has 3 aromatic rings. The van der Waals surface area contributed by atoms with E-state index in [1.807, 2.05) is 61.5 Å². The average molecular weight is 655 g/mol. The number of ether oxygens (including phenoxy) is 1. The lowest BCUT2D eigenvalue weighted by Crippen LogP contribution is -2.57. The van der Waals surface area contributed by atoms with Crippen molar-refractivity contribution >= 4 is 28.8 Å². The summed E-state index contributed by atoms with van der Waals surface area (Å²) >= 11 is 0. The van der Waals surface area contributed by atoms with Crippen LogP contribution in [0.2, 0.25) is 0 Å². The molecule has 3 aliphatic heterocycles. The molecule has 3 unspecified atom stereocenters. The first-order valence-electron chi connectivity index (χ1n) is 16.9. The molecule has 0 saturated carbocycles. The number of carbonyl (C=O) groups excluding carboxylic acids is 3. The van der Waals surface area contributed by atoms with Crippen LogP contribution in [-0.4, -0.2) is 96.0 Å². The molecule has 1 N–H and O–H groups in total. The van der Waals surface area contributed by atoms with Gasteiger partial charge in [0.1, 0.15) is 23.8 Å². The van der Waals surface area contributed by atoms with Crippen molar-refractivity contribution in [1.29, 1.82) is 0 Å². The summed E-state index contributed by atoms with van der Waals surface area (Å²) in [5.41, 5.74) is 0.339. The van der Waals surface area contributed by atoms with Crippen LogP contribution in [-0.2, 0) is 32.3 Å². The lowest BCUT2D eigenvalue weighted by Gasteiger charge is -2.39. The Bertz CT molecular complexity index is 1680. The van der Waals surface area contributed by atoms with Gasteiger partial charge in [0, 0.05) is 32.8 Å². The van der Waals surface area contributed by atoms with Crippen LogP contribution in [0.5, 0.6) is 0 Å². The third kappa shape index (κ3) is 5.62. The minimum Gasteiger partial charge on any atom is -0.396 e. The number of benzene rings is 2. The SMILES string of the molecule is C=CCN(Cn1nnc2ccccc21)C(=O)C1N(CCCCCO)C(=O)[C@@H]2[C@@H](C(=O)N(CC=C)Cc3ccccc3)[C@]3(C)OC12CC3C. The first-order valence-corrected chi connectivity index (χ1v) is 16.9. The third-order valence-electron chi connectivity index (χ3n) is 10.6. The van der Waals surface area contributed by atoms with Crippen LogP contribution in [0.25, 0.3) is 11.0 Å². The molecule has 254 valence electrons. The zero-order valence-electron chi connectivity index (χ0n) is 27.9. The maximum Gasteiger partial charge on any atom is 0.250 e. The monoisotopic (exact) mass is 654 g/mol. The molecule has 2 bridgehead atoms. The molecular formula is C37H46N6O5. The zero-order valence-corrected chi connectivity index (χ0v) is 27.9. The number of aromatic nitrogens is 3. The van der Waals surface area contributed by atoms with Gasteiger partial charge in [-0.2, -0.15) is 0 Å². The van der Waals surface area contributed by atoms with Gasteiger partial charge in [-0.15, -0.1) is 18.3 Å². The molecule has 3 amide bonds. The Morgan fingerprint density at radius 1 is 1.02 bits per heavy atom. The van der Waals surface area contributed by atoms with Gasteiger partial charge < -0.3 is 24.5 Å². The number of hydrogen-bond donors (Lipinski definition) is 1. The summed E-state index contributed by atoms with van der Waals surface area (Å²) < 4.78 is 8.68.